The number of amides is 1. The van der Waals surface area contributed by atoms with Crippen LogP contribution in [0.3, 0.4) is 0 Å². The third-order valence-corrected chi connectivity index (χ3v) is 3.03. The van der Waals surface area contributed by atoms with E-state index in [1.54, 1.807) is 30.6 Å². The first-order valence-corrected chi connectivity index (χ1v) is 6.35. The van der Waals surface area contributed by atoms with E-state index in [2.05, 4.69) is 10.3 Å². The second-order valence-electron chi connectivity index (χ2n) is 4.51. The molecule has 0 saturated heterocycles. The Morgan fingerprint density at radius 1 is 1.20 bits per heavy atom. The minimum Gasteiger partial charge on any atom is -0.486 e. The number of aryl methyl sites for hydroxylation is 1. The predicted molar refractivity (Wildman–Crippen MR) is 74.4 cm³/mol. The van der Waals surface area contributed by atoms with Crippen LogP contribution in [0.5, 0.6) is 11.5 Å². The Bertz CT molecular complexity index is 641. The Balaban J connectivity index is 1.85. The Labute approximate surface area is 116 Å². The quantitative estimate of drug-likeness (QED) is 0.910. The van der Waals surface area contributed by atoms with E-state index in [1.807, 2.05) is 13.0 Å². The lowest BCUT2D eigenvalue weighted by Gasteiger charge is -2.21. The van der Waals surface area contributed by atoms with Gasteiger partial charge in [0.2, 0.25) is 0 Å². The van der Waals surface area contributed by atoms with Crippen LogP contribution in [0.2, 0.25) is 0 Å². The van der Waals surface area contributed by atoms with E-state index in [1.165, 1.54) is 0 Å². The summed E-state index contributed by atoms with van der Waals surface area (Å²) >= 11 is 0. The SMILES string of the molecule is Cc1cc(NC(=O)c2ccncc2)cc2c1OCCO2. The molecule has 0 aliphatic carbocycles. The van der Waals surface area contributed by atoms with Gasteiger partial charge in [-0.25, -0.2) is 0 Å². The van der Waals surface area contributed by atoms with Crippen molar-refractivity contribution in [3.05, 3.63) is 47.8 Å². The number of nitrogens with zero attached hydrogens (tertiary/aromatic N) is 1. The van der Waals surface area contributed by atoms with E-state index in [-0.39, 0.29) is 5.91 Å². The number of rotatable bonds is 2. The number of carbonyl (C=O) groups excluding carboxylic acids is 1. The van der Waals surface area contributed by atoms with Crippen LogP contribution in [-0.2, 0) is 0 Å². The molecule has 20 heavy (non-hydrogen) atoms. The van der Waals surface area contributed by atoms with Crippen LogP contribution in [0.1, 0.15) is 15.9 Å². The third-order valence-electron chi connectivity index (χ3n) is 3.03. The molecule has 0 saturated carbocycles. The topological polar surface area (TPSA) is 60.5 Å². The maximum absolute atomic E-state index is 12.1. The molecule has 1 aromatic heterocycles. The van der Waals surface area contributed by atoms with E-state index >= 15 is 0 Å². The van der Waals surface area contributed by atoms with Gasteiger partial charge in [-0.2, -0.15) is 0 Å². The molecule has 1 aromatic carbocycles. The zero-order valence-corrected chi connectivity index (χ0v) is 11.1. The number of fused-ring (bicyclic) bond motifs is 1. The van der Waals surface area contributed by atoms with Crippen LogP contribution in [0.25, 0.3) is 0 Å². The first-order valence-electron chi connectivity index (χ1n) is 6.35. The van der Waals surface area contributed by atoms with Gasteiger partial charge in [-0.3, -0.25) is 9.78 Å². The highest BCUT2D eigenvalue weighted by atomic mass is 16.6. The first kappa shape index (κ1) is 12.5. The van der Waals surface area contributed by atoms with Gasteiger partial charge in [0.15, 0.2) is 11.5 Å². The lowest BCUT2D eigenvalue weighted by atomic mass is 10.1. The highest BCUT2D eigenvalue weighted by Gasteiger charge is 2.16. The van der Waals surface area contributed by atoms with Gasteiger partial charge in [-0.15, -0.1) is 0 Å². The lowest BCUT2D eigenvalue weighted by Crippen LogP contribution is -2.17. The van der Waals surface area contributed by atoms with Crippen LogP contribution < -0.4 is 14.8 Å². The van der Waals surface area contributed by atoms with Gasteiger partial charge in [0.25, 0.3) is 5.91 Å². The summed E-state index contributed by atoms with van der Waals surface area (Å²) in [5.41, 5.74) is 2.19. The maximum Gasteiger partial charge on any atom is 0.255 e. The molecule has 2 aromatic rings. The lowest BCUT2D eigenvalue weighted by molar-refractivity contribution is 0.102. The summed E-state index contributed by atoms with van der Waals surface area (Å²) in [6.07, 6.45) is 3.17. The number of hydrogen-bond donors (Lipinski definition) is 1. The molecule has 1 aliphatic rings. The molecule has 1 N–H and O–H groups in total. The minimum absolute atomic E-state index is 0.177. The number of nitrogens with one attached hydrogen (secondary N) is 1. The maximum atomic E-state index is 12.1. The van der Waals surface area contributed by atoms with Crippen molar-refractivity contribution in [2.75, 3.05) is 18.5 Å². The number of pyridine rings is 1. The van der Waals surface area contributed by atoms with Gasteiger partial charge < -0.3 is 14.8 Å². The molecule has 0 atom stereocenters. The van der Waals surface area contributed by atoms with Crippen LogP contribution in [0.4, 0.5) is 5.69 Å². The van der Waals surface area contributed by atoms with Gasteiger partial charge >= 0.3 is 0 Å². The smallest absolute Gasteiger partial charge is 0.255 e. The zero-order valence-electron chi connectivity index (χ0n) is 11.1. The molecule has 3 rings (SSSR count). The van der Waals surface area contributed by atoms with E-state index in [0.29, 0.717) is 30.2 Å². The summed E-state index contributed by atoms with van der Waals surface area (Å²) in [4.78, 5) is 16.0. The fraction of sp³-hybridized carbons (Fsp3) is 0.200. The highest BCUT2D eigenvalue weighted by molar-refractivity contribution is 6.04. The van der Waals surface area contributed by atoms with Crippen LogP contribution in [-0.4, -0.2) is 24.1 Å². The second kappa shape index (κ2) is 5.21. The molecule has 0 fully saturated rings. The van der Waals surface area contributed by atoms with E-state index in [4.69, 9.17) is 9.47 Å². The van der Waals surface area contributed by atoms with E-state index in [9.17, 15) is 4.79 Å². The molecular weight excluding hydrogens is 256 g/mol. The number of benzene rings is 1. The molecule has 0 radical (unpaired) electrons. The minimum atomic E-state index is -0.177. The van der Waals surface area contributed by atoms with E-state index < -0.39 is 0 Å². The average Bonchev–Trinajstić information content (AvgIpc) is 2.48. The largest absolute Gasteiger partial charge is 0.486 e. The van der Waals surface area contributed by atoms with Gasteiger partial charge in [-0.05, 0) is 30.7 Å². The van der Waals surface area contributed by atoms with Crippen molar-refractivity contribution in [1.29, 1.82) is 0 Å². The summed E-state index contributed by atoms with van der Waals surface area (Å²) in [5.74, 6) is 1.24. The standard InChI is InChI=1S/C15H14N2O3/c1-10-8-12(9-13-14(10)20-7-6-19-13)17-15(18)11-2-4-16-5-3-11/h2-5,8-9H,6-7H2,1H3,(H,17,18). The van der Waals surface area contributed by atoms with E-state index in [0.717, 1.165) is 11.3 Å². The van der Waals surface area contributed by atoms with Crippen molar-refractivity contribution in [3.63, 3.8) is 0 Å². The second-order valence-corrected chi connectivity index (χ2v) is 4.51. The molecule has 2 heterocycles. The number of ether oxygens (including phenoxy) is 2. The Morgan fingerprint density at radius 3 is 2.75 bits per heavy atom. The van der Waals surface area contributed by atoms with Crippen molar-refractivity contribution < 1.29 is 14.3 Å². The summed E-state index contributed by atoms with van der Waals surface area (Å²) in [6.45, 7) is 3.00. The molecule has 102 valence electrons. The molecule has 5 heteroatoms. The van der Waals surface area contributed by atoms with Crippen LogP contribution >= 0.6 is 0 Å². The molecule has 0 spiro atoms. The number of anilines is 1. The Hall–Kier alpha value is -2.56. The summed E-state index contributed by atoms with van der Waals surface area (Å²) in [6, 6.07) is 6.98. The Morgan fingerprint density at radius 2 is 1.95 bits per heavy atom. The molecular formula is C15H14N2O3. The molecule has 1 aliphatic heterocycles. The fourth-order valence-corrected chi connectivity index (χ4v) is 2.11. The number of carbonyl (C=O) groups is 1. The van der Waals surface area contributed by atoms with Crippen molar-refractivity contribution in [2.45, 2.75) is 6.92 Å². The molecule has 5 nitrogen and oxygen atoms in total. The van der Waals surface area contributed by atoms with Crippen molar-refractivity contribution in [3.8, 4) is 11.5 Å². The van der Waals surface area contributed by atoms with Gasteiger partial charge in [0.1, 0.15) is 13.2 Å². The number of aromatic nitrogens is 1. The fourth-order valence-electron chi connectivity index (χ4n) is 2.11. The van der Waals surface area contributed by atoms with Gasteiger partial charge in [0, 0.05) is 29.7 Å². The summed E-state index contributed by atoms with van der Waals surface area (Å²) in [7, 11) is 0. The summed E-state index contributed by atoms with van der Waals surface area (Å²) in [5, 5.41) is 2.85. The van der Waals surface area contributed by atoms with Crippen molar-refractivity contribution >= 4 is 11.6 Å². The summed E-state index contributed by atoms with van der Waals surface area (Å²) < 4.78 is 11.1. The average molecular weight is 270 g/mol. The van der Waals surface area contributed by atoms with Crippen molar-refractivity contribution in [2.24, 2.45) is 0 Å². The van der Waals surface area contributed by atoms with Gasteiger partial charge in [-0.1, -0.05) is 0 Å². The first-order chi connectivity index (χ1) is 9.74. The normalized spacial score (nSPS) is 12.8. The predicted octanol–water partition coefficient (Wildman–Crippen LogP) is 2.41. The van der Waals surface area contributed by atoms with Crippen molar-refractivity contribution in [1.82, 2.24) is 4.98 Å². The molecule has 0 unspecified atom stereocenters. The highest BCUT2D eigenvalue weighted by Crippen LogP contribution is 2.36. The molecule has 1 amide bonds. The zero-order chi connectivity index (χ0) is 13.9. The molecule has 0 bridgehead atoms. The third kappa shape index (κ3) is 2.42. The number of hydrogen-bond acceptors (Lipinski definition) is 4. The monoisotopic (exact) mass is 270 g/mol. The Kier molecular flexibility index (Phi) is 3.25. The van der Waals surface area contributed by atoms with Gasteiger partial charge in [0.05, 0.1) is 0 Å². The van der Waals surface area contributed by atoms with Crippen LogP contribution in [0.15, 0.2) is 36.7 Å². The van der Waals surface area contributed by atoms with Crippen LogP contribution in [0, 0.1) is 6.92 Å².